The summed E-state index contributed by atoms with van der Waals surface area (Å²) >= 11 is 0.844. The third-order valence-electron chi connectivity index (χ3n) is 5.09. The van der Waals surface area contributed by atoms with Crippen LogP contribution in [0.4, 0.5) is 0 Å². The van der Waals surface area contributed by atoms with Crippen LogP contribution >= 0.6 is 0 Å². The molecule has 3 aromatic heterocycles. The second kappa shape index (κ2) is 8.31. The summed E-state index contributed by atoms with van der Waals surface area (Å²) in [6.07, 6.45) is 9.22. The fraction of sp³-hybridized carbons (Fsp3) is 0.409. The first-order valence-electron chi connectivity index (χ1n) is 9.62. The number of unbranched alkanes of at least 4 members (excludes halogenated alkanes) is 6. The van der Waals surface area contributed by atoms with E-state index in [-0.39, 0.29) is 5.78 Å². The van der Waals surface area contributed by atoms with Crippen LogP contribution in [0.25, 0.3) is 30.3 Å². The van der Waals surface area contributed by atoms with Crippen LogP contribution in [0.3, 0.4) is 0 Å². The summed E-state index contributed by atoms with van der Waals surface area (Å²) in [6.45, 7) is 2.24. The molecule has 2 nitrogen and oxygen atoms in total. The van der Waals surface area contributed by atoms with E-state index in [2.05, 4.69) is 28.9 Å². The molecule has 0 saturated carbocycles. The van der Waals surface area contributed by atoms with Crippen molar-refractivity contribution >= 4 is 65.1 Å². The number of benzene rings is 1. The molecule has 0 saturated heterocycles. The average Bonchev–Trinajstić information content (AvgIpc) is 3.37. The van der Waals surface area contributed by atoms with E-state index in [9.17, 15) is 4.79 Å². The predicted molar refractivity (Wildman–Crippen MR) is 112 cm³/mol. The van der Waals surface area contributed by atoms with Crippen LogP contribution in [-0.2, 0) is 0 Å². The molecule has 0 unspecified atom stereocenters. The van der Waals surface area contributed by atoms with Gasteiger partial charge in [-0.15, -0.1) is 0 Å². The Morgan fingerprint density at radius 3 is 2.31 bits per heavy atom. The van der Waals surface area contributed by atoms with E-state index in [4.69, 9.17) is 4.42 Å². The second-order valence-electron chi connectivity index (χ2n) is 6.97. The van der Waals surface area contributed by atoms with Crippen LogP contribution in [-0.4, -0.2) is 34.8 Å². The van der Waals surface area contributed by atoms with E-state index in [1.807, 2.05) is 6.07 Å². The molecule has 0 aliphatic heterocycles. The van der Waals surface area contributed by atoms with Crippen LogP contribution in [0.15, 0.2) is 32.5 Å². The molecule has 0 N–H and O–H groups in total. The van der Waals surface area contributed by atoms with Gasteiger partial charge in [0.1, 0.15) is 0 Å². The maximum atomic E-state index is 12.6. The Balaban J connectivity index is 1.50. The molecule has 0 radical (unpaired) electrons. The van der Waals surface area contributed by atoms with E-state index in [1.165, 1.54) is 51.4 Å². The molecule has 136 valence electrons. The first-order valence-corrected chi connectivity index (χ1v) is 13.3. The predicted octanol–water partition coefficient (Wildman–Crippen LogP) is 6.18. The summed E-state index contributed by atoms with van der Waals surface area (Å²) in [6, 6.07) is 6.43. The number of hydrogen-bond acceptors (Lipinski definition) is 2. The number of Topliss-reactive ketones (excluding diaryl/α,β-unsaturated/α-hetero) is 1. The van der Waals surface area contributed by atoms with Gasteiger partial charge in [-0.1, -0.05) is 19.8 Å². The van der Waals surface area contributed by atoms with Gasteiger partial charge in [-0.05, 0) is 0 Å². The van der Waals surface area contributed by atoms with Crippen LogP contribution in [0.1, 0.15) is 68.8 Å². The number of carbonyl (C=O) groups is 1. The molecule has 0 amide bonds. The summed E-state index contributed by atoms with van der Waals surface area (Å²) in [7, 11) is 0. The average molecular weight is 478 g/mol. The van der Waals surface area contributed by atoms with Crippen molar-refractivity contribution in [2.45, 2.75) is 58.3 Å². The molecule has 1 aromatic carbocycles. The molecule has 4 heteroatoms. The van der Waals surface area contributed by atoms with Crippen molar-refractivity contribution in [3.05, 3.63) is 33.8 Å². The Hall–Kier alpha value is -1.05. The standard InChI is InChI=1S/C22H24O2Se2/c1-2-3-4-5-6-7-8-9-18(23)19-14-17-15-10-12-25-21(15)22-16(11-13-26-22)20(17)24-19/h10-14H,2-9H2,1H3. The van der Waals surface area contributed by atoms with Gasteiger partial charge < -0.3 is 0 Å². The van der Waals surface area contributed by atoms with Gasteiger partial charge in [0, 0.05) is 0 Å². The number of rotatable bonds is 9. The number of ketones is 1. The van der Waals surface area contributed by atoms with Gasteiger partial charge >= 0.3 is 147 Å². The summed E-state index contributed by atoms with van der Waals surface area (Å²) in [5, 5.41) is 3.68. The molecular weight excluding hydrogens is 454 g/mol. The first-order chi connectivity index (χ1) is 12.8. The summed E-state index contributed by atoms with van der Waals surface area (Å²) in [4.78, 5) is 17.2. The molecule has 26 heavy (non-hydrogen) atoms. The van der Waals surface area contributed by atoms with Crippen molar-refractivity contribution in [3.8, 4) is 0 Å². The van der Waals surface area contributed by atoms with Crippen molar-refractivity contribution in [1.82, 2.24) is 0 Å². The Labute approximate surface area is 166 Å². The SMILES string of the molecule is CCCCCCCCCC(=O)c1cc2c3cc[se]c3c3[se]ccc3c2o1. The first kappa shape index (κ1) is 18.3. The minimum atomic E-state index is 0.164. The normalized spacial score (nSPS) is 11.9. The second-order valence-corrected chi connectivity index (χ2v) is 10.8. The number of carbonyl (C=O) groups excluding carboxylic acids is 1. The topological polar surface area (TPSA) is 30.2 Å². The quantitative estimate of drug-likeness (QED) is 0.164. The molecule has 4 rings (SSSR count). The van der Waals surface area contributed by atoms with E-state index in [1.54, 1.807) is 0 Å². The molecule has 0 atom stereocenters. The van der Waals surface area contributed by atoms with Gasteiger partial charge in [-0.3, -0.25) is 0 Å². The van der Waals surface area contributed by atoms with Crippen LogP contribution in [0.5, 0.6) is 0 Å². The van der Waals surface area contributed by atoms with Gasteiger partial charge in [-0.25, -0.2) is 0 Å². The van der Waals surface area contributed by atoms with Gasteiger partial charge in [0.05, 0.1) is 0 Å². The van der Waals surface area contributed by atoms with Crippen molar-refractivity contribution in [3.63, 3.8) is 0 Å². The Bertz CT molecular complexity index is 967. The monoisotopic (exact) mass is 480 g/mol. The van der Waals surface area contributed by atoms with Gasteiger partial charge in [0.15, 0.2) is 0 Å². The molecule has 0 spiro atoms. The van der Waals surface area contributed by atoms with E-state index >= 15 is 0 Å². The Morgan fingerprint density at radius 2 is 1.54 bits per heavy atom. The molecular formula is C22H24O2Se2. The molecule has 0 aliphatic rings. The zero-order valence-electron chi connectivity index (χ0n) is 15.2. The van der Waals surface area contributed by atoms with Crippen LogP contribution < -0.4 is 0 Å². The molecule has 4 aromatic rings. The zero-order chi connectivity index (χ0) is 17.9. The number of furan rings is 1. The molecule has 0 aliphatic carbocycles. The fourth-order valence-corrected chi connectivity index (χ4v) is 8.29. The van der Waals surface area contributed by atoms with Crippen molar-refractivity contribution in [2.75, 3.05) is 0 Å². The van der Waals surface area contributed by atoms with Crippen LogP contribution in [0.2, 0.25) is 0 Å². The number of fused-ring (bicyclic) bond motifs is 6. The van der Waals surface area contributed by atoms with E-state index < -0.39 is 0 Å². The third-order valence-corrected chi connectivity index (χ3v) is 9.65. The fourth-order valence-electron chi connectivity index (χ4n) is 3.66. The van der Waals surface area contributed by atoms with Gasteiger partial charge in [0.25, 0.3) is 0 Å². The van der Waals surface area contributed by atoms with Crippen LogP contribution in [0, 0.1) is 0 Å². The number of hydrogen-bond donors (Lipinski definition) is 0. The maximum absolute atomic E-state index is 12.6. The van der Waals surface area contributed by atoms with Crippen molar-refractivity contribution in [2.24, 2.45) is 0 Å². The Kier molecular flexibility index (Phi) is 5.86. The van der Waals surface area contributed by atoms with Gasteiger partial charge in [-0.2, -0.15) is 0 Å². The summed E-state index contributed by atoms with van der Waals surface area (Å²) in [5.74, 6) is 0.722. The van der Waals surface area contributed by atoms with E-state index in [0.29, 0.717) is 41.2 Å². The Morgan fingerprint density at radius 1 is 0.885 bits per heavy atom. The van der Waals surface area contributed by atoms with Gasteiger partial charge in [0.2, 0.25) is 0 Å². The zero-order valence-corrected chi connectivity index (χ0v) is 18.6. The van der Waals surface area contributed by atoms with Crippen molar-refractivity contribution < 1.29 is 9.21 Å². The molecule has 0 fully saturated rings. The summed E-state index contributed by atoms with van der Waals surface area (Å²) in [5.41, 5.74) is 0.930. The van der Waals surface area contributed by atoms with E-state index in [0.717, 1.165) is 23.8 Å². The van der Waals surface area contributed by atoms with Crippen molar-refractivity contribution in [1.29, 1.82) is 0 Å². The minimum absolute atomic E-state index is 0.164. The molecule has 0 bridgehead atoms. The third kappa shape index (κ3) is 3.53. The molecule has 3 heterocycles. The summed E-state index contributed by atoms with van der Waals surface area (Å²) < 4.78 is 9.08.